The fourth-order valence-electron chi connectivity index (χ4n) is 1.83. The second-order valence-electron chi connectivity index (χ2n) is 4.21. The molecule has 2 nitrogen and oxygen atoms in total. The highest BCUT2D eigenvalue weighted by Gasteiger charge is 2.36. The molecule has 1 aromatic carbocycles. The quantitative estimate of drug-likeness (QED) is 0.630. The van der Waals surface area contributed by atoms with Crippen LogP contribution in [0.25, 0.3) is 0 Å². The van der Waals surface area contributed by atoms with Crippen molar-refractivity contribution >= 4 is 24.0 Å². The first-order valence-electron chi connectivity index (χ1n) is 5.79. The van der Waals surface area contributed by atoms with Crippen molar-refractivity contribution in [3.8, 4) is 0 Å². The minimum atomic E-state index is -4.66. The lowest BCUT2D eigenvalue weighted by Gasteiger charge is -2.19. The summed E-state index contributed by atoms with van der Waals surface area (Å²) in [4.78, 5) is 0. The highest BCUT2D eigenvalue weighted by Crippen LogP contribution is 2.38. The van der Waals surface area contributed by atoms with E-state index in [2.05, 4.69) is 0 Å². The van der Waals surface area contributed by atoms with Crippen LogP contribution < -0.4 is 11.5 Å². The Morgan fingerprint density at radius 3 is 2.30 bits per heavy atom. The van der Waals surface area contributed by atoms with Crippen LogP contribution in [0.3, 0.4) is 0 Å². The van der Waals surface area contributed by atoms with Gasteiger partial charge in [0.25, 0.3) is 0 Å². The largest absolute Gasteiger partial charge is 0.416 e. The summed E-state index contributed by atoms with van der Waals surface area (Å²) in [6.07, 6.45) is -3.29. The van der Waals surface area contributed by atoms with E-state index in [1.54, 1.807) is 0 Å². The number of halogens is 6. The highest BCUT2D eigenvalue weighted by molar-refractivity contribution is 6.30. The number of hydrogen-bond donors (Lipinski definition) is 2. The van der Waals surface area contributed by atoms with E-state index >= 15 is 0 Å². The van der Waals surface area contributed by atoms with E-state index in [1.807, 2.05) is 0 Å². The van der Waals surface area contributed by atoms with Gasteiger partial charge in [0.15, 0.2) is 0 Å². The van der Waals surface area contributed by atoms with Gasteiger partial charge in [0, 0.05) is 11.6 Å². The lowest BCUT2D eigenvalue weighted by molar-refractivity contribution is -0.138. The Hall–Kier alpha value is -0.560. The van der Waals surface area contributed by atoms with Gasteiger partial charge in [-0.2, -0.15) is 13.2 Å². The molecule has 1 rings (SSSR count). The average Bonchev–Trinajstić information content (AvgIpc) is 2.31. The molecule has 116 valence electrons. The fourth-order valence-corrected chi connectivity index (χ4v) is 1.99. The maximum atomic E-state index is 13.8. The van der Waals surface area contributed by atoms with Crippen molar-refractivity contribution in [1.29, 1.82) is 0 Å². The number of unbranched alkanes of at least 4 members (excludes halogenated alkanes) is 1. The third-order valence-electron chi connectivity index (χ3n) is 2.78. The van der Waals surface area contributed by atoms with Crippen LogP contribution in [0.2, 0.25) is 5.02 Å². The van der Waals surface area contributed by atoms with E-state index in [-0.39, 0.29) is 23.9 Å². The van der Waals surface area contributed by atoms with E-state index in [9.17, 15) is 17.6 Å². The average molecular weight is 335 g/mol. The van der Waals surface area contributed by atoms with Crippen molar-refractivity contribution in [2.45, 2.75) is 31.5 Å². The molecule has 0 bridgehead atoms. The maximum absolute atomic E-state index is 13.8. The van der Waals surface area contributed by atoms with E-state index in [4.69, 9.17) is 23.1 Å². The molecule has 0 aliphatic rings. The van der Waals surface area contributed by atoms with Crippen LogP contribution in [0.1, 0.15) is 36.4 Å². The standard InChI is InChI=1S/C12H15ClF4N2.ClH/c13-8-5-4-7(12(15,16)17)10(11(8)14)9(19)3-1-2-6-18;/h4-5,9H,1-3,6,18-19H2;1H/t9-;/m0./s1. The Kier molecular flexibility index (Phi) is 7.80. The van der Waals surface area contributed by atoms with Gasteiger partial charge in [-0.05, 0) is 31.5 Å². The summed E-state index contributed by atoms with van der Waals surface area (Å²) < 4.78 is 52.3. The van der Waals surface area contributed by atoms with Crippen LogP contribution in [0, 0.1) is 5.82 Å². The van der Waals surface area contributed by atoms with E-state index in [0.717, 1.165) is 12.1 Å². The SMILES string of the molecule is Cl.NCCCC[C@H](N)c1c(C(F)(F)F)ccc(Cl)c1F. The van der Waals surface area contributed by atoms with Crippen molar-refractivity contribution in [2.24, 2.45) is 11.5 Å². The predicted octanol–water partition coefficient (Wildman–Crippen LogP) is 4.05. The van der Waals surface area contributed by atoms with Gasteiger partial charge in [-0.15, -0.1) is 12.4 Å². The van der Waals surface area contributed by atoms with Crippen molar-refractivity contribution in [2.75, 3.05) is 6.54 Å². The molecule has 0 spiro atoms. The fraction of sp³-hybridized carbons (Fsp3) is 0.500. The summed E-state index contributed by atoms with van der Waals surface area (Å²) in [6, 6.07) is 0.584. The lowest BCUT2D eigenvalue weighted by atomic mass is 9.96. The zero-order chi connectivity index (χ0) is 14.6. The van der Waals surface area contributed by atoms with Crippen molar-refractivity contribution < 1.29 is 17.6 Å². The Balaban J connectivity index is 0.00000361. The number of alkyl halides is 3. The number of nitrogens with two attached hydrogens (primary N) is 2. The number of benzene rings is 1. The third kappa shape index (κ3) is 4.77. The molecular formula is C12H16Cl2F4N2. The summed E-state index contributed by atoms with van der Waals surface area (Å²) in [5.74, 6) is -1.10. The van der Waals surface area contributed by atoms with Crippen LogP contribution in [0.5, 0.6) is 0 Å². The minimum Gasteiger partial charge on any atom is -0.330 e. The molecule has 0 unspecified atom stereocenters. The Bertz CT molecular complexity index is 438. The summed E-state index contributed by atoms with van der Waals surface area (Å²) in [6.45, 7) is 0.414. The van der Waals surface area contributed by atoms with Gasteiger partial charge >= 0.3 is 6.18 Å². The lowest BCUT2D eigenvalue weighted by Crippen LogP contribution is -2.20. The first kappa shape index (κ1) is 19.4. The summed E-state index contributed by atoms with van der Waals surface area (Å²) >= 11 is 5.52. The third-order valence-corrected chi connectivity index (χ3v) is 3.07. The van der Waals surface area contributed by atoms with E-state index < -0.39 is 29.2 Å². The van der Waals surface area contributed by atoms with E-state index in [0.29, 0.717) is 19.4 Å². The molecule has 0 saturated carbocycles. The number of hydrogen-bond acceptors (Lipinski definition) is 2. The van der Waals surface area contributed by atoms with Gasteiger partial charge in [0.1, 0.15) is 5.82 Å². The molecule has 0 fully saturated rings. The molecule has 20 heavy (non-hydrogen) atoms. The number of rotatable bonds is 5. The Morgan fingerprint density at radius 1 is 1.20 bits per heavy atom. The monoisotopic (exact) mass is 334 g/mol. The second-order valence-corrected chi connectivity index (χ2v) is 4.62. The van der Waals surface area contributed by atoms with Crippen LogP contribution >= 0.6 is 24.0 Å². The molecule has 1 atom stereocenters. The second kappa shape index (κ2) is 8.02. The Labute approximate surface area is 125 Å². The van der Waals surface area contributed by atoms with Gasteiger partial charge in [-0.1, -0.05) is 18.0 Å². The molecule has 0 aromatic heterocycles. The molecule has 0 aliphatic heterocycles. The summed E-state index contributed by atoms with van der Waals surface area (Å²) in [5, 5.41) is -0.364. The minimum absolute atomic E-state index is 0. The van der Waals surface area contributed by atoms with Crippen molar-refractivity contribution in [3.05, 3.63) is 34.1 Å². The first-order chi connectivity index (χ1) is 8.79. The highest BCUT2D eigenvalue weighted by atomic mass is 35.5. The van der Waals surface area contributed by atoms with Crippen LogP contribution in [0.4, 0.5) is 17.6 Å². The smallest absolute Gasteiger partial charge is 0.330 e. The zero-order valence-corrected chi connectivity index (χ0v) is 12.1. The molecule has 0 amide bonds. The van der Waals surface area contributed by atoms with E-state index in [1.165, 1.54) is 0 Å². The Morgan fingerprint density at radius 2 is 1.80 bits per heavy atom. The van der Waals surface area contributed by atoms with Crippen molar-refractivity contribution in [1.82, 2.24) is 0 Å². The van der Waals surface area contributed by atoms with Gasteiger partial charge in [-0.25, -0.2) is 4.39 Å². The maximum Gasteiger partial charge on any atom is 0.416 e. The van der Waals surface area contributed by atoms with Gasteiger partial charge < -0.3 is 11.5 Å². The molecule has 4 N–H and O–H groups in total. The molecule has 1 aromatic rings. The topological polar surface area (TPSA) is 52.0 Å². The molecule has 0 saturated heterocycles. The van der Waals surface area contributed by atoms with Gasteiger partial charge in [0.2, 0.25) is 0 Å². The summed E-state index contributed by atoms with van der Waals surface area (Å²) in [7, 11) is 0. The molecule has 8 heteroatoms. The van der Waals surface area contributed by atoms with Gasteiger partial charge in [-0.3, -0.25) is 0 Å². The van der Waals surface area contributed by atoms with Crippen LogP contribution in [-0.4, -0.2) is 6.54 Å². The van der Waals surface area contributed by atoms with Crippen LogP contribution in [-0.2, 0) is 6.18 Å². The normalized spacial score (nSPS) is 12.9. The predicted molar refractivity (Wildman–Crippen MR) is 73.5 cm³/mol. The molecular weight excluding hydrogens is 319 g/mol. The summed E-state index contributed by atoms with van der Waals surface area (Å²) in [5.41, 5.74) is 9.31. The molecule has 0 heterocycles. The van der Waals surface area contributed by atoms with Crippen LogP contribution in [0.15, 0.2) is 12.1 Å². The van der Waals surface area contributed by atoms with Crippen molar-refractivity contribution in [3.63, 3.8) is 0 Å². The molecule has 0 aliphatic carbocycles. The first-order valence-corrected chi connectivity index (χ1v) is 6.17. The zero-order valence-electron chi connectivity index (χ0n) is 10.5. The molecule has 0 radical (unpaired) electrons. The van der Waals surface area contributed by atoms with Gasteiger partial charge in [0.05, 0.1) is 10.6 Å².